The molecule has 3 aromatic rings. The molecule has 2 fully saturated rings. The van der Waals surface area contributed by atoms with Crippen LogP contribution in [-0.4, -0.2) is 78.9 Å². The number of benzene rings is 2. The zero-order valence-corrected chi connectivity index (χ0v) is 29.3. The average Bonchev–Trinajstić information content (AvgIpc) is 3.06. The fraction of sp³-hybridized carbons (Fsp3) is 0.514. The fourth-order valence-corrected chi connectivity index (χ4v) is 6.61. The highest BCUT2D eigenvalue weighted by Crippen LogP contribution is 2.31. The van der Waals surface area contributed by atoms with Crippen molar-refractivity contribution in [3.63, 3.8) is 0 Å². The van der Waals surface area contributed by atoms with Gasteiger partial charge in [0.25, 0.3) is 10.1 Å². The Labute approximate surface area is 287 Å². The Bertz CT molecular complexity index is 1620. The number of carbonyl (C=O) groups excluding carboxylic acids is 1. The van der Waals surface area contributed by atoms with Gasteiger partial charge in [-0.05, 0) is 94.2 Å². The standard InChI is InChI=1S/C28H39F2N5O3.C7H8O3S/c1-18(2)38-28(36)34-10-6-20(7-11-34)19(3)9-13-37-22-15-32-27(33-16-22)35-12-8-23(26(31)17-35)24-14-21(29)4-5-25(24)30;1-6-2-4-7(5-3-6)11(8,9)10/h4-5,14-16,18-20,23,26H,6-13,17,31H2,1-3H3;2-5H,1H3,(H,8,9,10)/t19-,23-,26+;/m1./s1. The molecule has 268 valence electrons. The second-order valence-electron chi connectivity index (χ2n) is 13.0. The van der Waals surface area contributed by atoms with E-state index in [1.54, 1.807) is 29.4 Å². The first kappa shape index (κ1) is 37.9. The zero-order valence-electron chi connectivity index (χ0n) is 28.5. The van der Waals surface area contributed by atoms with E-state index < -0.39 is 21.8 Å². The van der Waals surface area contributed by atoms with E-state index >= 15 is 0 Å². The van der Waals surface area contributed by atoms with Crippen LogP contribution in [0.4, 0.5) is 19.5 Å². The van der Waals surface area contributed by atoms with Crippen molar-refractivity contribution in [2.24, 2.45) is 17.6 Å². The highest BCUT2D eigenvalue weighted by Gasteiger charge is 2.31. The molecule has 3 N–H and O–H groups in total. The number of halogens is 2. The van der Waals surface area contributed by atoms with Crippen LogP contribution in [0.15, 0.2) is 59.8 Å². The molecule has 3 atom stereocenters. The van der Waals surface area contributed by atoms with Crippen LogP contribution in [0.5, 0.6) is 5.75 Å². The average molecular weight is 704 g/mol. The molecule has 0 bridgehead atoms. The Balaban J connectivity index is 0.000000418. The number of aromatic nitrogens is 2. The minimum absolute atomic E-state index is 0.0666. The third kappa shape index (κ3) is 11.1. The number of nitrogens with zero attached hydrogens (tertiary/aromatic N) is 4. The van der Waals surface area contributed by atoms with Crippen molar-refractivity contribution in [1.82, 2.24) is 14.9 Å². The summed E-state index contributed by atoms with van der Waals surface area (Å²) >= 11 is 0. The Morgan fingerprint density at radius 3 is 2.27 bits per heavy atom. The van der Waals surface area contributed by atoms with Crippen molar-refractivity contribution in [2.75, 3.05) is 37.7 Å². The maximum atomic E-state index is 14.2. The van der Waals surface area contributed by atoms with Crippen LogP contribution in [-0.2, 0) is 14.9 Å². The largest absolute Gasteiger partial charge is 0.490 e. The first-order valence-electron chi connectivity index (χ1n) is 16.6. The normalized spacial score (nSPS) is 19.2. The quantitative estimate of drug-likeness (QED) is 0.255. The first-order valence-corrected chi connectivity index (χ1v) is 18.0. The third-order valence-electron chi connectivity index (χ3n) is 9.01. The van der Waals surface area contributed by atoms with Crippen LogP contribution >= 0.6 is 0 Å². The van der Waals surface area contributed by atoms with Gasteiger partial charge in [-0.1, -0.05) is 24.6 Å². The number of rotatable bonds is 9. The molecule has 5 rings (SSSR count). The van der Waals surface area contributed by atoms with Crippen molar-refractivity contribution < 1.29 is 36.0 Å². The lowest BCUT2D eigenvalue weighted by Crippen LogP contribution is -2.48. The molecule has 2 aliphatic rings. The van der Waals surface area contributed by atoms with Crippen LogP contribution in [0.25, 0.3) is 0 Å². The number of likely N-dealkylation sites (tertiary alicyclic amines) is 1. The molecule has 0 unspecified atom stereocenters. The van der Waals surface area contributed by atoms with E-state index in [0.717, 1.165) is 50.0 Å². The number of nitrogens with two attached hydrogens (primary N) is 1. The van der Waals surface area contributed by atoms with Gasteiger partial charge in [-0.2, -0.15) is 8.42 Å². The van der Waals surface area contributed by atoms with Gasteiger partial charge in [0, 0.05) is 38.1 Å². The molecular formula is C35H47F2N5O6S. The summed E-state index contributed by atoms with van der Waals surface area (Å²) in [5.41, 5.74) is 7.63. The molecule has 0 spiro atoms. The van der Waals surface area contributed by atoms with Gasteiger partial charge in [0.05, 0.1) is 30.0 Å². The van der Waals surface area contributed by atoms with Gasteiger partial charge in [0.15, 0.2) is 5.75 Å². The molecule has 1 aromatic heterocycles. The Kier molecular flexibility index (Phi) is 13.3. The van der Waals surface area contributed by atoms with Crippen molar-refractivity contribution in [3.8, 4) is 5.75 Å². The predicted molar refractivity (Wildman–Crippen MR) is 182 cm³/mol. The number of anilines is 1. The fourth-order valence-electron chi connectivity index (χ4n) is 6.13. The molecule has 11 nitrogen and oxygen atoms in total. The van der Waals surface area contributed by atoms with Crippen molar-refractivity contribution in [1.29, 1.82) is 0 Å². The molecule has 2 aromatic carbocycles. The summed E-state index contributed by atoms with van der Waals surface area (Å²) in [4.78, 5) is 24.7. The third-order valence-corrected chi connectivity index (χ3v) is 9.88. The summed E-state index contributed by atoms with van der Waals surface area (Å²) in [6.07, 6.45) is 6.43. The lowest BCUT2D eigenvalue weighted by molar-refractivity contribution is 0.0596. The maximum Gasteiger partial charge on any atom is 0.410 e. The second-order valence-corrected chi connectivity index (χ2v) is 14.5. The van der Waals surface area contributed by atoms with Crippen LogP contribution in [0.1, 0.15) is 63.5 Å². The highest BCUT2D eigenvalue weighted by atomic mass is 32.2. The minimum atomic E-state index is -4.02. The van der Waals surface area contributed by atoms with Crippen LogP contribution in [0, 0.1) is 30.4 Å². The summed E-state index contributed by atoms with van der Waals surface area (Å²) in [5, 5.41) is 0. The smallest absolute Gasteiger partial charge is 0.410 e. The van der Waals surface area contributed by atoms with Gasteiger partial charge < -0.3 is 25.0 Å². The lowest BCUT2D eigenvalue weighted by atomic mass is 9.84. The number of aryl methyl sites for hydroxylation is 1. The zero-order chi connectivity index (χ0) is 35.7. The summed E-state index contributed by atoms with van der Waals surface area (Å²) in [6, 6.07) is 9.14. The highest BCUT2D eigenvalue weighted by molar-refractivity contribution is 7.85. The molecule has 49 heavy (non-hydrogen) atoms. The van der Waals surface area contributed by atoms with E-state index in [0.29, 0.717) is 55.2 Å². The van der Waals surface area contributed by atoms with Gasteiger partial charge in [0.2, 0.25) is 5.95 Å². The van der Waals surface area contributed by atoms with E-state index in [9.17, 15) is 22.0 Å². The van der Waals surface area contributed by atoms with Gasteiger partial charge in [-0.15, -0.1) is 0 Å². The maximum absolute atomic E-state index is 14.2. The number of ether oxygens (including phenoxy) is 2. The van der Waals surface area contributed by atoms with E-state index in [2.05, 4.69) is 16.9 Å². The van der Waals surface area contributed by atoms with E-state index in [1.165, 1.54) is 18.2 Å². The minimum Gasteiger partial charge on any atom is -0.490 e. The van der Waals surface area contributed by atoms with Crippen molar-refractivity contribution >= 4 is 22.2 Å². The SMILES string of the molecule is CC(C)OC(=O)N1CCC([C@H](C)CCOc2cnc(N3CC[C@H](c4cc(F)ccc4F)[C@@H](N)C3)nc2)CC1.Cc1ccc(S(=O)(=O)O)cc1. The number of hydrogen-bond acceptors (Lipinski definition) is 9. The van der Waals surface area contributed by atoms with Crippen LogP contribution in [0.3, 0.4) is 0 Å². The summed E-state index contributed by atoms with van der Waals surface area (Å²) in [5.74, 6) is 1.03. The molecule has 2 saturated heterocycles. The molecule has 0 radical (unpaired) electrons. The topological polar surface area (TPSA) is 148 Å². The monoisotopic (exact) mass is 703 g/mol. The number of amides is 1. The molecule has 3 heterocycles. The van der Waals surface area contributed by atoms with Crippen molar-refractivity contribution in [2.45, 2.75) is 76.3 Å². The van der Waals surface area contributed by atoms with Crippen molar-refractivity contribution in [3.05, 3.63) is 77.6 Å². The Morgan fingerprint density at radius 2 is 1.67 bits per heavy atom. The lowest BCUT2D eigenvalue weighted by Gasteiger charge is -2.37. The molecule has 14 heteroatoms. The predicted octanol–water partition coefficient (Wildman–Crippen LogP) is 5.98. The Hall–Kier alpha value is -3.88. The van der Waals surface area contributed by atoms with Gasteiger partial charge in [-0.3, -0.25) is 4.55 Å². The van der Waals surface area contributed by atoms with Crippen LogP contribution < -0.4 is 15.4 Å². The van der Waals surface area contributed by atoms with Crippen LogP contribution in [0.2, 0.25) is 0 Å². The number of hydrogen-bond donors (Lipinski definition) is 2. The molecular weight excluding hydrogens is 656 g/mol. The second kappa shape index (κ2) is 17.2. The van der Waals surface area contributed by atoms with Gasteiger partial charge in [0.1, 0.15) is 11.6 Å². The van der Waals surface area contributed by atoms with E-state index in [1.807, 2.05) is 25.7 Å². The van der Waals surface area contributed by atoms with E-state index in [4.69, 9.17) is 19.8 Å². The Morgan fingerprint density at radius 1 is 1.02 bits per heavy atom. The van der Waals surface area contributed by atoms with Gasteiger partial charge in [-0.25, -0.2) is 23.5 Å². The molecule has 1 amide bonds. The molecule has 2 aliphatic heterocycles. The summed E-state index contributed by atoms with van der Waals surface area (Å²) in [6.45, 7) is 10.9. The number of piperidine rings is 2. The summed E-state index contributed by atoms with van der Waals surface area (Å²) in [7, 11) is -4.02. The van der Waals surface area contributed by atoms with Gasteiger partial charge >= 0.3 is 6.09 Å². The molecule has 0 aliphatic carbocycles. The first-order chi connectivity index (χ1) is 23.2. The van der Waals surface area contributed by atoms with E-state index in [-0.39, 0.29) is 29.1 Å². The number of carbonyl (C=O) groups is 1. The summed E-state index contributed by atoms with van der Waals surface area (Å²) < 4.78 is 68.6. The molecule has 0 saturated carbocycles.